The molecule has 1 aromatic carbocycles. The molecule has 0 saturated carbocycles. The van der Waals surface area contributed by atoms with E-state index in [9.17, 15) is 4.39 Å². The topological polar surface area (TPSA) is 52.8 Å². The standard InChI is InChI=1S/C27H30FN7/c1-32-15-17-33(18-16-32)23-8-3-5-20(10-11-23)27-30-29-25-12-13-26(31-35(25)27)34-14-4-9-24(34)21-6-2-7-22(28)19-21/h2-3,5-7,10-13,19,24H,4,8-9,14-18H2,1H3. The Balaban J connectivity index is 1.31. The number of piperazine rings is 1. The number of halogens is 1. The Kier molecular flexibility index (Phi) is 5.82. The molecule has 180 valence electrons. The van der Waals surface area contributed by atoms with E-state index < -0.39 is 0 Å². The number of hydrogen-bond acceptors (Lipinski definition) is 6. The molecule has 0 amide bonds. The van der Waals surface area contributed by atoms with Crippen LogP contribution in [0.15, 0.2) is 66.4 Å². The molecule has 2 fully saturated rings. The van der Waals surface area contributed by atoms with E-state index in [4.69, 9.17) is 5.10 Å². The zero-order valence-electron chi connectivity index (χ0n) is 20.0. The van der Waals surface area contributed by atoms with Crippen LogP contribution in [-0.2, 0) is 0 Å². The lowest BCUT2D eigenvalue weighted by atomic mass is 10.0. The van der Waals surface area contributed by atoms with Crippen LogP contribution in [0.3, 0.4) is 0 Å². The largest absolute Gasteiger partial charge is 0.372 e. The van der Waals surface area contributed by atoms with Gasteiger partial charge in [0, 0.05) is 50.4 Å². The van der Waals surface area contributed by atoms with Crippen LogP contribution in [0.5, 0.6) is 0 Å². The number of aromatic nitrogens is 4. The van der Waals surface area contributed by atoms with Gasteiger partial charge in [0.15, 0.2) is 11.5 Å². The number of nitrogens with zero attached hydrogens (tertiary/aromatic N) is 7. The van der Waals surface area contributed by atoms with Gasteiger partial charge in [-0.1, -0.05) is 24.3 Å². The molecule has 2 aliphatic heterocycles. The highest BCUT2D eigenvalue weighted by Crippen LogP contribution is 2.35. The van der Waals surface area contributed by atoms with Crippen molar-refractivity contribution in [3.05, 3.63) is 83.6 Å². The van der Waals surface area contributed by atoms with Crippen molar-refractivity contribution in [3.8, 4) is 0 Å². The zero-order chi connectivity index (χ0) is 23.8. The highest BCUT2D eigenvalue weighted by atomic mass is 19.1. The Bertz CT molecular complexity index is 1320. The smallest absolute Gasteiger partial charge is 0.185 e. The van der Waals surface area contributed by atoms with Crippen molar-refractivity contribution in [2.24, 2.45) is 0 Å². The molecule has 6 rings (SSSR count). The molecule has 0 radical (unpaired) electrons. The van der Waals surface area contributed by atoms with Crippen LogP contribution in [0, 0.1) is 5.82 Å². The van der Waals surface area contributed by atoms with Crippen molar-refractivity contribution in [1.29, 1.82) is 0 Å². The van der Waals surface area contributed by atoms with E-state index in [1.807, 2.05) is 22.7 Å². The third-order valence-corrected chi connectivity index (χ3v) is 7.28. The van der Waals surface area contributed by atoms with Crippen LogP contribution in [0.4, 0.5) is 10.2 Å². The number of benzene rings is 1. The molecule has 1 aliphatic carbocycles. The summed E-state index contributed by atoms with van der Waals surface area (Å²) in [7, 11) is 2.18. The fourth-order valence-corrected chi connectivity index (χ4v) is 5.31. The van der Waals surface area contributed by atoms with Gasteiger partial charge in [-0.2, -0.15) is 4.52 Å². The molecule has 1 unspecified atom stereocenters. The first-order valence-electron chi connectivity index (χ1n) is 12.4. The number of hydrogen-bond donors (Lipinski definition) is 0. The van der Waals surface area contributed by atoms with Gasteiger partial charge >= 0.3 is 0 Å². The molecule has 0 spiro atoms. The van der Waals surface area contributed by atoms with Gasteiger partial charge in [0.25, 0.3) is 0 Å². The van der Waals surface area contributed by atoms with Crippen molar-refractivity contribution >= 4 is 17.0 Å². The van der Waals surface area contributed by atoms with Gasteiger partial charge in [-0.15, -0.1) is 15.3 Å². The minimum atomic E-state index is -0.199. The molecule has 8 heteroatoms. The molecule has 7 nitrogen and oxygen atoms in total. The summed E-state index contributed by atoms with van der Waals surface area (Å²) < 4.78 is 15.7. The minimum absolute atomic E-state index is 0.113. The van der Waals surface area contributed by atoms with Crippen LogP contribution in [0.2, 0.25) is 0 Å². The monoisotopic (exact) mass is 471 g/mol. The number of likely N-dealkylation sites (N-methyl/N-ethyl adjacent to an activating group) is 1. The molecular weight excluding hydrogens is 441 g/mol. The average Bonchev–Trinajstić information content (AvgIpc) is 3.46. The summed E-state index contributed by atoms with van der Waals surface area (Å²) in [6.07, 6.45) is 11.6. The number of anilines is 1. The molecule has 2 saturated heterocycles. The molecule has 35 heavy (non-hydrogen) atoms. The van der Waals surface area contributed by atoms with Gasteiger partial charge in [0.2, 0.25) is 0 Å². The highest BCUT2D eigenvalue weighted by Gasteiger charge is 2.28. The summed E-state index contributed by atoms with van der Waals surface area (Å²) in [6, 6.07) is 11.0. The second-order valence-corrected chi connectivity index (χ2v) is 9.57. The Labute approximate surface area is 204 Å². The lowest BCUT2D eigenvalue weighted by Crippen LogP contribution is -2.43. The third kappa shape index (κ3) is 4.34. The molecule has 2 aromatic heterocycles. The molecule has 0 bridgehead atoms. The molecule has 3 aliphatic rings. The quantitative estimate of drug-likeness (QED) is 0.572. The SMILES string of the molecule is CN1CCN(C2=CC=C(c3nnc4ccc(N5CCCC5c5cccc(F)c5)nn34)C=CC2)CC1. The van der Waals surface area contributed by atoms with Crippen molar-refractivity contribution in [1.82, 2.24) is 29.6 Å². The Morgan fingerprint density at radius 2 is 1.86 bits per heavy atom. The first kappa shape index (κ1) is 22.0. The second kappa shape index (κ2) is 9.26. The first-order valence-corrected chi connectivity index (χ1v) is 12.4. The maximum atomic E-state index is 13.9. The van der Waals surface area contributed by atoms with Gasteiger partial charge in [-0.05, 0) is 61.9 Å². The summed E-state index contributed by atoms with van der Waals surface area (Å²) in [5.74, 6) is 1.39. The van der Waals surface area contributed by atoms with Crippen LogP contribution < -0.4 is 4.90 Å². The predicted octanol–water partition coefficient (Wildman–Crippen LogP) is 4.08. The van der Waals surface area contributed by atoms with E-state index in [1.165, 1.54) is 11.8 Å². The Morgan fingerprint density at radius 1 is 0.971 bits per heavy atom. The fourth-order valence-electron chi connectivity index (χ4n) is 5.31. The summed E-state index contributed by atoms with van der Waals surface area (Å²) in [6.45, 7) is 5.18. The average molecular weight is 472 g/mol. The van der Waals surface area contributed by atoms with Gasteiger partial charge in [-0.3, -0.25) is 0 Å². The predicted molar refractivity (Wildman–Crippen MR) is 135 cm³/mol. The normalized spacial score (nSPS) is 21.4. The van der Waals surface area contributed by atoms with Crippen LogP contribution in [0.25, 0.3) is 11.2 Å². The Hall–Kier alpha value is -3.52. The van der Waals surface area contributed by atoms with Gasteiger partial charge in [0.05, 0.1) is 6.04 Å². The lowest BCUT2D eigenvalue weighted by Gasteiger charge is -2.35. The van der Waals surface area contributed by atoms with Crippen molar-refractivity contribution < 1.29 is 4.39 Å². The molecule has 3 aromatic rings. The summed E-state index contributed by atoms with van der Waals surface area (Å²) >= 11 is 0. The summed E-state index contributed by atoms with van der Waals surface area (Å²) in [4.78, 5) is 7.11. The van der Waals surface area contributed by atoms with E-state index in [-0.39, 0.29) is 11.9 Å². The molecule has 1 atom stereocenters. The van der Waals surface area contributed by atoms with E-state index in [0.717, 1.165) is 74.8 Å². The number of rotatable bonds is 4. The van der Waals surface area contributed by atoms with E-state index in [0.29, 0.717) is 5.65 Å². The maximum Gasteiger partial charge on any atom is 0.185 e. The van der Waals surface area contributed by atoms with Crippen molar-refractivity contribution in [3.63, 3.8) is 0 Å². The third-order valence-electron chi connectivity index (χ3n) is 7.28. The second-order valence-electron chi connectivity index (χ2n) is 9.57. The van der Waals surface area contributed by atoms with Crippen molar-refractivity contribution in [2.75, 3.05) is 44.7 Å². The summed E-state index contributed by atoms with van der Waals surface area (Å²) in [5, 5.41) is 13.8. The molecule has 4 heterocycles. The van der Waals surface area contributed by atoms with Gasteiger partial charge in [-0.25, -0.2) is 4.39 Å². The molecule has 0 N–H and O–H groups in total. The van der Waals surface area contributed by atoms with Crippen LogP contribution in [-0.4, -0.2) is 69.4 Å². The van der Waals surface area contributed by atoms with Crippen LogP contribution in [0.1, 0.15) is 36.7 Å². The first-order chi connectivity index (χ1) is 17.2. The minimum Gasteiger partial charge on any atom is -0.372 e. The summed E-state index contributed by atoms with van der Waals surface area (Å²) in [5.41, 5.74) is 4.03. The molecular formula is C27H30FN7. The van der Waals surface area contributed by atoms with Gasteiger partial charge in [0.1, 0.15) is 11.6 Å². The zero-order valence-corrected chi connectivity index (χ0v) is 20.0. The van der Waals surface area contributed by atoms with E-state index in [2.05, 4.69) is 56.2 Å². The Morgan fingerprint density at radius 3 is 2.71 bits per heavy atom. The maximum absolute atomic E-state index is 13.9. The number of fused-ring (bicyclic) bond motifs is 1. The lowest BCUT2D eigenvalue weighted by molar-refractivity contribution is 0.184. The highest BCUT2D eigenvalue weighted by molar-refractivity contribution is 5.73. The van der Waals surface area contributed by atoms with Gasteiger partial charge < -0.3 is 14.7 Å². The van der Waals surface area contributed by atoms with Crippen LogP contribution >= 0.6 is 0 Å². The van der Waals surface area contributed by atoms with Crippen molar-refractivity contribution in [2.45, 2.75) is 25.3 Å². The fraction of sp³-hybridized carbons (Fsp3) is 0.370. The van der Waals surface area contributed by atoms with E-state index in [1.54, 1.807) is 12.1 Å². The number of allylic oxidation sites excluding steroid dienone is 5. The van der Waals surface area contributed by atoms with E-state index >= 15 is 0 Å².